The maximum absolute atomic E-state index is 9.57. The van der Waals surface area contributed by atoms with Crippen LogP contribution >= 0.6 is 0 Å². The molecule has 0 aliphatic carbocycles. The minimum Gasteiger partial charge on any atom is -0.393 e. The van der Waals surface area contributed by atoms with E-state index in [1.807, 2.05) is 27.7 Å². The first kappa shape index (κ1) is 25.4. The molecule has 15 heavy (non-hydrogen) atoms. The summed E-state index contributed by atoms with van der Waals surface area (Å²) in [4.78, 5) is 0. The Morgan fingerprint density at radius 3 is 1.80 bits per heavy atom. The summed E-state index contributed by atoms with van der Waals surface area (Å²) in [5.74, 6) is 0. The first-order valence-corrected chi connectivity index (χ1v) is 4.59. The van der Waals surface area contributed by atoms with Gasteiger partial charge in [-0.1, -0.05) is 34.1 Å². The minimum absolute atomic E-state index is 0. The van der Waals surface area contributed by atoms with Crippen molar-refractivity contribution in [2.75, 3.05) is 0 Å². The Morgan fingerprint density at radius 2 is 1.53 bits per heavy atom. The van der Waals surface area contributed by atoms with Gasteiger partial charge in [0.25, 0.3) is 0 Å². The van der Waals surface area contributed by atoms with Crippen molar-refractivity contribution in [2.45, 2.75) is 52.7 Å². The number of aliphatic hydroxyl groups is 2. The third kappa shape index (κ3) is 13.4. The molecule has 2 atom stereocenters. The molecule has 0 rings (SSSR count). The molecule has 0 aliphatic rings. The van der Waals surface area contributed by atoms with Crippen LogP contribution in [0.25, 0.3) is 0 Å². The number of hydrogen-bond donors (Lipinski definition) is 2. The molecule has 0 aromatic heterocycles. The maximum atomic E-state index is 9.57. The van der Waals surface area contributed by atoms with Gasteiger partial charge < -0.3 is 25.1 Å². The SMILES string of the molecule is CCCC(O)[CH]C(O)C(C)(C)C.[CH3-].[CH3-].[Eu+2]. The molecule has 0 aliphatic heterocycles. The average molecular weight is 355 g/mol. The van der Waals surface area contributed by atoms with E-state index in [9.17, 15) is 10.2 Å². The molecule has 2 radical (unpaired) electrons. The van der Waals surface area contributed by atoms with E-state index < -0.39 is 12.2 Å². The molecule has 0 aromatic carbocycles. The fourth-order valence-corrected chi connectivity index (χ4v) is 0.891. The van der Waals surface area contributed by atoms with Crippen molar-refractivity contribution < 1.29 is 59.6 Å². The zero-order valence-electron chi connectivity index (χ0n) is 10.9. The van der Waals surface area contributed by atoms with Gasteiger partial charge in [0, 0.05) is 6.42 Å². The zero-order chi connectivity index (χ0) is 9.78. The summed E-state index contributed by atoms with van der Waals surface area (Å²) < 4.78 is 0. The van der Waals surface area contributed by atoms with Crippen LogP contribution in [0.15, 0.2) is 0 Å². The molecule has 3 heteroatoms. The molecule has 0 spiro atoms. The molecule has 0 aromatic rings. The number of hydrogen-bond acceptors (Lipinski definition) is 2. The van der Waals surface area contributed by atoms with Crippen LogP contribution in [0.1, 0.15) is 40.5 Å². The Hall–Kier alpha value is 1.50. The van der Waals surface area contributed by atoms with Crippen molar-refractivity contribution in [1.29, 1.82) is 0 Å². The Balaban J connectivity index is -0.000000202. The van der Waals surface area contributed by atoms with Gasteiger partial charge >= 0.3 is 49.4 Å². The van der Waals surface area contributed by atoms with Gasteiger partial charge in [-0.3, -0.25) is 0 Å². The van der Waals surface area contributed by atoms with Crippen LogP contribution in [-0.2, 0) is 0 Å². The molecule has 94 valence electrons. The minimum atomic E-state index is -0.529. The number of rotatable bonds is 4. The Bertz CT molecular complexity index is 121. The largest absolute Gasteiger partial charge is 2.00 e. The second-order valence-corrected chi connectivity index (χ2v) is 4.36. The molecular weight excluding hydrogens is 328 g/mol. The van der Waals surface area contributed by atoms with Gasteiger partial charge in [-0.05, 0) is 11.8 Å². The normalized spacial score (nSPS) is 14.0. The van der Waals surface area contributed by atoms with E-state index >= 15 is 0 Å². The second-order valence-electron chi connectivity index (χ2n) is 4.36. The third-order valence-electron chi connectivity index (χ3n) is 1.88. The van der Waals surface area contributed by atoms with Crippen molar-refractivity contribution in [3.05, 3.63) is 21.3 Å². The molecule has 0 saturated carbocycles. The summed E-state index contributed by atoms with van der Waals surface area (Å²) in [7, 11) is 0. The van der Waals surface area contributed by atoms with Gasteiger partial charge in [0.1, 0.15) is 0 Å². The molecule has 2 N–H and O–H groups in total. The summed E-state index contributed by atoms with van der Waals surface area (Å²) in [6.45, 7) is 7.87. The summed E-state index contributed by atoms with van der Waals surface area (Å²) in [6, 6.07) is 0. The van der Waals surface area contributed by atoms with Crippen LogP contribution in [-0.4, -0.2) is 22.4 Å². The summed E-state index contributed by atoms with van der Waals surface area (Å²) in [5.41, 5.74) is -0.172. The van der Waals surface area contributed by atoms with Crippen LogP contribution in [0.5, 0.6) is 0 Å². The van der Waals surface area contributed by atoms with Crippen molar-refractivity contribution in [2.24, 2.45) is 5.41 Å². The van der Waals surface area contributed by atoms with E-state index in [0.717, 1.165) is 12.8 Å². The predicted octanol–water partition coefficient (Wildman–Crippen LogP) is 2.66. The van der Waals surface area contributed by atoms with E-state index in [2.05, 4.69) is 0 Å². The molecule has 0 heterocycles. The molecular formula is C12H27EuO2. The van der Waals surface area contributed by atoms with Gasteiger partial charge in [-0.25, -0.2) is 0 Å². The van der Waals surface area contributed by atoms with Crippen LogP contribution in [0, 0.1) is 76.1 Å². The Labute approximate surface area is 137 Å². The van der Waals surface area contributed by atoms with Crippen LogP contribution in [0.4, 0.5) is 0 Å². The number of aliphatic hydroxyl groups excluding tert-OH is 2. The van der Waals surface area contributed by atoms with Crippen LogP contribution < -0.4 is 0 Å². The smallest absolute Gasteiger partial charge is 0.393 e. The van der Waals surface area contributed by atoms with Gasteiger partial charge in [-0.15, -0.1) is 0 Å². The topological polar surface area (TPSA) is 40.5 Å². The first-order chi connectivity index (χ1) is 5.38. The Kier molecular flexibility index (Phi) is 20.3. The Morgan fingerprint density at radius 1 is 1.13 bits per heavy atom. The van der Waals surface area contributed by atoms with Gasteiger partial charge in [-0.2, -0.15) is 0 Å². The molecule has 0 bridgehead atoms. The summed E-state index contributed by atoms with van der Waals surface area (Å²) in [5, 5.41) is 18.9. The quantitative estimate of drug-likeness (QED) is 0.762. The van der Waals surface area contributed by atoms with Crippen molar-refractivity contribution in [3.63, 3.8) is 0 Å². The summed E-state index contributed by atoms with van der Waals surface area (Å²) in [6.07, 6.45) is 2.29. The fourth-order valence-electron chi connectivity index (χ4n) is 0.891. The van der Waals surface area contributed by atoms with E-state index in [-0.39, 0.29) is 69.6 Å². The zero-order valence-corrected chi connectivity index (χ0v) is 13.3. The van der Waals surface area contributed by atoms with Crippen molar-refractivity contribution in [1.82, 2.24) is 0 Å². The molecule has 2 unspecified atom stereocenters. The third-order valence-corrected chi connectivity index (χ3v) is 1.88. The standard InChI is InChI=1S/C10H21O2.2CH3.Eu/c1-5-6-8(11)7-9(12)10(2,3)4;;;/h7-9,11-12H,5-6H2,1-4H3;2*1H3;/q;2*-1;+2. The maximum Gasteiger partial charge on any atom is 2.00 e. The predicted molar refractivity (Wildman–Crippen MR) is 63.5 cm³/mol. The van der Waals surface area contributed by atoms with Crippen molar-refractivity contribution in [3.8, 4) is 0 Å². The van der Waals surface area contributed by atoms with Gasteiger partial charge in [0.05, 0.1) is 12.2 Å². The monoisotopic (exact) mass is 356 g/mol. The summed E-state index contributed by atoms with van der Waals surface area (Å²) >= 11 is 0. The average Bonchev–Trinajstić information content (AvgIpc) is 1.85. The van der Waals surface area contributed by atoms with Crippen LogP contribution in [0.2, 0.25) is 0 Å². The van der Waals surface area contributed by atoms with Gasteiger partial charge in [0.2, 0.25) is 0 Å². The van der Waals surface area contributed by atoms with Crippen molar-refractivity contribution >= 4 is 0 Å². The molecule has 2 nitrogen and oxygen atoms in total. The molecule has 0 saturated heterocycles. The van der Waals surface area contributed by atoms with E-state index in [1.165, 1.54) is 0 Å². The molecule has 0 amide bonds. The van der Waals surface area contributed by atoms with E-state index in [0.29, 0.717) is 0 Å². The van der Waals surface area contributed by atoms with Gasteiger partial charge in [0.15, 0.2) is 0 Å². The second kappa shape index (κ2) is 12.0. The van der Waals surface area contributed by atoms with Crippen LogP contribution in [0.3, 0.4) is 0 Å². The van der Waals surface area contributed by atoms with E-state index in [4.69, 9.17) is 0 Å². The first-order valence-electron chi connectivity index (χ1n) is 4.59. The van der Waals surface area contributed by atoms with E-state index in [1.54, 1.807) is 6.42 Å². The molecule has 0 fully saturated rings. The fraction of sp³-hybridized carbons (Fsp3) is 0.750.